The van der Waals surface area contributed by atoms with Crippen molar-refractivity contribution < 1.29 is 19.7 Å². The van der Waals surface area contributed by atoms with Gasteiger partial charge in [0.1, 0.15) is 11.5 Å². The zero-order valence-electron chi connectivity index (χ0n) is 26.6. The molecule has 3 aromatic carbocycles. The van der Waals surface area contributed by atoms with Crippen LogP contribution < -0.4 is 4.74 Å². The van der Waals surface area contributed by atoms with Gasteiger partial charge in [0.15, 0.2) is 17.5 Å². The molecule has 2 atom stereocenters. The maximum atomic E-state index is 11.2. The number of aromatic nitrogens is 3. The van der Waals surface area contributed by atoms with E-state index >= 15 is 0 Å². The Labute approximate surface area is 256 Å². The molecule has 0 saturated carbocycles. The third-order valence-corrected chi connectivity index (χ3v) is 7.94. The number of benzene rings is 3. The summed E-state index contributed by atoms with van der Waals surface area (Å²) in [4.78, 5) is 14.5. The lowest BCUT2D eigenvalue weighted by Gasteiger charge is -2.28. The second-order valence-corrected chi connectivity index (χ2v) is 11.5. The molecule has 0 aliphatic rings. The van der Waals surface area contributed by atoms with Crippen molar-refractivity contribution in [1.82, 2.24) is 15.0 Å². The highest BCUT2D eigenvalue weighted by atomic mass is 16.8. The number of aliphatic hydroxyl groups is 1. The van der Waals surface area contributed by atoms with E-state index in [0.717, 1.165) is 59.1 Å². The topological polar surface area (TPSA) is 97.6 Å². The average molecular weight is 584 g/mol. The van der Waals surface area contributed by atoms with Gasteiger partial charge in [0.05, 0.1) is 12.2 Å². The first-order valence-corrected chi connectivity index (χ1v) is 15.4. The van der Waals surface area contributed by atoms with Crippen molar-refractivity contribution in [2.24, 2.45) is 5.92 Å². The Balaban J connectivity index is 1.67. The number of aromatic hydroxyl groups is 1. The molecule has 0 bridgehead atoms. The zero-order chi connectivity index (χ0) is 31.1. The van der Waals surface area contributed by atoms with Crippen molar-refractivity contribution in [1.29, 1.82) is 0 Å². The number of rotatable bonds is 13. The van der Waals surface area contributed by atoms with Gasteiger partial charge in [0.25, 0.3) is 0 Å². The van der Waals surface area contributed by atoms with Crippen molar-refractivity contribution in [2.45, 2.75) is 86.5 Å². The van der Waals surface area contributed by atoms with Crippen molar-refractivity contribution in [3.63, 3.8) is 0 Å². The standard InChI is InChI=1S/C36H45N3O4/c1-8-11-27(9-2)18-19-42-36(41,10-3)43-28-14-17-31(32(40)22-28)35-38-33(29-15-12-23(4)20-25(29)6)37-34(39-35)30-16-13-24(5)21-26(30)7/h12-17,20-22,27,40-41H,8-11,18-19H2,1-7H3. The highest BCUT2D eigenvalue weighted by Gasteiger charge is 2.29. The van der Waals surface area contributed by atoms with E-state index in [1.165, 1.54) is 6.07 Å². The van der Waals surface area contributed by atoms with Crippen LogP contribution in [-0.2, 0) is 4.74 Å². The molecular weight excluding hydrogens is 538 g/mol. The summed E-state index contributed by atoms with van der Waals surface area (Å²) in [5.74, 6) is 0.361. The van der Waals surface area contributed by atoms with Crippen LogP contribution in [0.5, 0.6) is 11.5 Å². The minimum atomic E-state index is -1.79. The molecule has 0 aliphatic carbocycles. The second-order valence-electron chi connectivity index (χ2n) is 11.5. The van der Waals surface area contributed by atoms with Crippen LogP contribution in [0.1, 0.15) is 75.1 Å². The lowest BCUT2D eigenvalue weighted by atomic mass is 9.98. The molecule has 0 radical (unpaired) electrons. The van der Waals surface area contributed by atoms with E-state index in [4.69, 9.17) is 24.4 Å². The molecule has 43 heavy (non-hydrogen) atoms. The van der Waals surface area contributed by atoms with Gasteiger partial charge in [-0.3, -0.25) is 0 Å². The third-order valence-electron chi connectivity index (χ3n) is 7.94. The highest BCUT2D eigenvalue weighted by molar-refractivity contribution is 5.72. The van der Waals surface area contributed by atoms with Crippen LogP contribution in [0.4, 0.5) is 0 Å². The molecule has 4 rings (SSSR count). The molecule has 0 saturated heterocycles. The zero-order valence-corrected chi connectivity index (χ0v) is 26.6. The van der Waals surface area contributed by atoms with Crippen LogP contribution in [0.3, 0.4) is 0 Å². The van der Waals surface area contributed by atoms with Gasteiger partial charge < -0.3 is 19.7 Å². The summed E-state index contributed by atoms with van der Waals surface area (Å²) in [5, 5.41) is 22.2. The van der Waals surface area contributed by atoms with Crippen molar-refractivity contribution in [2.75, 3.05) is 6.61 Å². The number of nitrogens with zero attached hydrogens (tertiary/aromatic N) is 3. The fraction of sp³-hybridized carbons (Fsp3) is 0.417. The van der Waals surface area contributed by atoms with Gasteiger partial charge in [-0.25, -0.2) is 15.0 Å². The summed E-state index contributed by atoms with van der Waals surface area (Å²) in [6.07, 6.45) is 4.41. The molecule has 2 N–H and O–H groups in total. The summed E-state index contributed by atoms with van der Waals surface area (Å²) in [6.45, 7) is 14.7. The number of ether oxygens (including phenoxy) is 2. The predicted octanol–water partition coefficient (Wildman–Crippen LogP) is 8.48. The van der Waals surface area contributed by atoms with E-state index < -0.39 is 5.97 Å². The normalized spacial score (nSPS) is 13.5. The molecule has 0 fully saturated rings. The van der Waals surface area contributed by atoms with Crippen LogP contribution in [0, 0.1) is 33.6 Å². The number of hydrogen-bond donors (Lipinski definition) is 2. The van der Waals surface area contributed by atoms with Gasteiger partial charge in [-0.2, -0.15) is 0 Å². The molecule has 228 valence electrons. The number of phenols is 1. The molecule has 1 aromatic heterocycles. The predicted molar refractivity (Wildman–Crippen MR) is 172 cm³/mol. The van der Waals surface area contributed by atoms with Gasteiger partial charge in [-0.1, -0.05) is 87.6 Å². The SMILES string of the molecule is CCCC(CC)CCOC(O)(CC)Oc1ccc(-c2nc(-c3ccc(C)cc3C)nc(-c3ccc(C)cc3C)n2)c(O)c1. The number of phenolic OH excluding ortho intramolecular Hbond substituents is 1. The second kappa shape index (κ2) is 14.1. The number of aryl methyl sites for hydroxylation is 4. The maximum absolute atomic E-state index is 11.2. The minimum absolute atomic E-state index is 0.0747. The summed E-state index contributed by atoms with van der Waals surface area (Å²) in [7, 11) is 0. The van der Waals surface area contributed by atoms with Crippen LogP contribution in [0.25, 0.3) is 34.2 Å². The Morgan fingerprint density at radius 2 is 1.26 bits per heavy atom. The molecule has 0 spiro atoms. The fourth-order valence-electron chi connectivity index (χ4n) is 5.36. The Morgan fingerprint density at radius 1 is 0.721 bits per heavy atom. The van der Waals surface area contributed by atoms with E-state index in [1.807, 2.05) is 38.1 Å². The van der Waals surface area contributed by atoms with Crippen molar-refractivity contribution in [3.8, 4) is 45.7 Å². The lowest BCUT2D eigenvalue weighted by Crippen LogP contribution is -2.39. The molecule has 2 unspecified atom stereocenters. The monoisotopic (exact) mass is 583 g/mol. The number of hydrogen-bond acceptors (Lipinski definition) is 7. The smallest absolute Gasteiger partial charge is 0.324 e. The van der Waals surface area contributed by atoms with E-state index in [-0.39, 0.29) is 17.9 Å². The van der Waals surface area contributed by atoms with E-state index in [2.05, 4.69) is 39.8 Å². The Hall–Kier alpha value is -3.81. The summed E-state index contributed by atoms with van der Waals surface area (Å²) in [5.41, 5.74) is 6.63. The van der Waals surface area contributed by atoms with Gasteiger partial charge in [0, 0.05) is 23.6 Å². The van der Waals surface area contributed by atoms with Gasteiger partial charge in [0.2, 0.25) is 0 Å². The van der Waals surface area contributed by atoms with Crippen LogP contribution in [-0.4, -0.2) is 37.7 Å². The van der Waals surface area contributed by atoms with Crippen molar-refractivity contribution in [3.05, 3.63) is 76.9 Å². The molecule has 0 amide bonds. The van der Waals surface area contributed by atoms with E-state index in [9.17, 15) is 10.2 Å². The summed E-state index contributed by atoms with van der Waals surface area (Å²) >= 11 is 0. The Morgan fingerprint density at radius 3 is 1.72 bits per heavy atom. The van der Waals surface area contributed by atoms with E-state index in [1.54, 1.807) is 19.1 Å². The summed E-state index contributed by atoms with van der Waals surface area (Å²) < 4.78 is 11.7. The van der Waals surface area contributed by atoms with E-state index in [0.29, 0.717) is 35.6 Å². The first-order valence-electron chi connectivity index (χ1n) is 15.4. The largest absolute Gasteiger partial charge is 0.507 e. The first kappa shape index (κ1) is 32.1. The highest BCUT2D eigenvalue weighted by Crippen LogP contribution is 2.35. The molecule has 0 aliphatic heterocycles. The van der Waals surface area contributed by atoms with Crippen LogP contribution in [0.15, 0.2) is 54.6 Å². The molecule has 7 nitrogen and oxygen atoms in total. The van der Waals surface area contributed by atoms with Gasteiger partial charge in [-0.15, -0.1) is 0 Å². The third kappa shape index (κ3) is 7.98. The summed E-state index contributed by atoms with van der Waals surface area (Å²) in [6, 6.07) is 17.1. The average Bonchev–Trinajstić information content (AvgIpc) is 2.96. The fourth-order valence-corrected chi connectivity index (χ4v) is 5.36. The first-order chi connectivity index (χ1) is 20.6. The molecule has 1 heterocycles. The quantitative estimate of drug-likeness (QED) is 0.152. The van der Waals surface area contributed by atoms with Crippen LogP contribution in [0.2, 0.25) is 0 Å². The lowest BCUT2D eigenvalue weighted by molar-refractivity contribution is -0.321. The Kier molecular flexibility index (Phi) is 10.5. The van der Waals surface area contributed by atoms with Crippen molar-refractivity contribution >= 4 is 0 Å². The Bertz CT molecular complexity index is 1480. The minimum Gasteiger partial charge on any atom is -0.507 e. The molecular formula is C36H45N3O4. The molecule has 4 aromatic rings. The maximum Gasteiger partial charge on any atom is 0.324 e. The van der Waals surface area contributed by atoms with Gasteiger partial charge in [-0.05, 0) is 63.3 Å². The van der Waals surface area contributed by atoms with Crippen LogP contribution >= 0.6 is 0 Å². The molecule has 7 heteroatoms. The van der Waals surface area contributed by atoms with Gasteiger partial charge >= 0.3 is 5.97 Å².